The van der Waals surface area contributed by atoms with Crippen LogP contribution in [-0.2, 0) is 18.3 Å². The first-order valence-corrected chi connectivity index (χ1v) is 12.5. The molecule has 12 heteroatoms. The fourth-order valence-corrected chi connectivity index (χ4v) is 4.41. The Morgan fingerprint density at radius 2 is 1.90 bits per heavy atom. The third kappa shape index (κ3) is 5.81. The predicted molar refractivity (Wildman–Crippen MR) is 146 cm³/mol. The molecular formula is C29H24F4N6O2. The normalized spacial score (nSPS) is 12.3. The lowest BCUT2D eigenvalue weighted by atomic mass is 10.0. The zero-order valence-corrected chi connectivity index (χ0v) is 21.9. The fraction of sp³-hybridized carbons (Fsp3) is 0.172. The molecule has 1 atom stereocenters. The van der Waals surface area contributed by atoms with Crippen LogP contribution in [-0.4, -0.2) is 31.9 Å². The molecule has 1 unspecified atom stereocenters. The van der Waals surface area contributed by atoms with Crippen molar-refractivity contribution in [2.75, 3.05) is 11.1 Å². The number of aromatic nitrogens is 4. The summed E-state index contributed by atoms with van der Waals surface area (Å²) in [4.78, 5) is 20.0. The Morgan fingerprint density at radius 3 is 2.66 bits per heavy atom. The molecule has 2 heterocycles. The highest BCUT2D eigenvalue weighted by Gasteiger charge is 2.41. The molecule has 0 fully saturated rings. The second-order valence-corrected chi connectivity index (χ2v) is 9.25. The first-order chi connectivity index (χ1) is 19.5. The predicted octanol–water partition coefficient (Wildman–Crippen LogP) is 5.98. The van der Waals surface area contributed by atoms with Crippen LogP contribution in [0.15, 0.2) is 72.9 Å². The van der Waals surface area contributed by atoms with Crippen LogP contribution in [0.1, 0.15) is 29.9 Å². The van der Waals surface area contributed by atoms with E-state index in [1.165, 1.54) is 28.9 Å². The Balaban J connectivity index is 1.56. The van der Waals surface area contributed by atoms with Crippen LogP contribution in [0.25, 0.3) is 22.2 Å². The zero-order valence-electron chi connectivity index (χ0n) is 21.9. The van der Waals surface area contributed by atoms with Crippen molar-refractivity contribution in [2.24, 2.45) is 7.05 Å². The number of nitrogens with two attached hydrogens (primary N) is 1. The average Bonchev–Trinajstić information content (AvgIpc) is 3.33. The largest absolute Gasteiger partial charge is 0.491 e. The van der Waals surface area contributed by atoms with Crippen molar-refractivity contribution in [2.45, 2.75) is 25.6 Å². The molecule has 0 saturated carbocycles. The maximum atomic E-state index is 15.3. The summed E-state index contributed by atoms with van der Waals surface area (Å²) in [5.41, 5.74) is 8.18. The second-order valence-electron chi connectivity index (χ2n) is 9.25. The lowest BCUT2D eigenvalue weighted by Gasteiger charge is -2.21. The molecule has 8 nitrogen and oxygen atoms in total. The summed E-state index contributed by atoms with van der Waals surface area (Å²) in [7, 11) is 1.63. The maximum Gasteiger partial charge on any atom is 0.491 e. The zero-order chi connectivity index (χ0) is 29.3. The van der Waals surface area contributed by atoms with Gasteiger partial charge in [0.25, 0.3) is 0 Å². The van der Waals surface area contributed by atoms with Gasteiger partial charge in [0.15, 0.2) is 11.6 Å². The molecule has 0 saturated heterocycles. The van der Waals surface area contributed by atoms with E-state index in [0.717, 1.165) is 16.3 Å². The Hall–Kier alpha value is -5.00. The molecule has 41 heavy (non-hydrogen) atoms. The van der Waals surface area contributed by atoms with Crippen molar-refractivity contribution >= 4 is 28.2 Å². The second kappa shape index (κ2) is 10.9. The monoisotopic (exact) mass is 564 g/mol. The number of nitrogens with one attached hydrogen (secondary N) is 1. The number of carbonyl (C=O) groups excluding carboxylic acids is 1. The minimum atomic E-state index is -5.15. The van der Waals surface area contributed by atoms with Crippen LogP contribution >= 0.6 is 0 Å². The van der Waals surface area contributed by atoms with E-state index in [-0.39, 0.29) is 11.6 Å². The van der Waals surface area contributed by atoms with Gasteiger partial charge in [0, 0.05) is 35.4 Å². The lowest BCUT2D eigenvalue weighted by Crippen LogP contribution is -2.27. The Morgan fingerprint density at radius 1 is 1.10 bits per heavy atom. The van der Waals surface area contributed by atoms with Crippen molar-refractivity contribution in [1.82, 2.24) is 19.7 Å². The minimum absolute atomic E-state index is 0.142. The molecule has 0 aliphatic carbocycles. The maximum absolute atomic E-state index is 15.3. The summed E-state index contributed by atoms with van der Waals surface area (Å²) in [5, 5.41) is 9.37. The van der Waals surface area contributed by atoms with Crippen molar-refractivity contribution in [3.63, 3.8) is 0 Å². The van der Waals surface area contributed by atoms with E-state index in [2.05, 4.69) is 25.1 Å². The molecule has 0 spiro atoms. The van der Waals surface area contributed by atoms with Crippen molar-refractivity contribution in [1.29, 1.82) is 0 Å². The van der Waals surface area contributed by atoms with Gasteiger partial charge in [0.2, 0.25) is 0 Å². The highest BCUT2D eigenvalue weighted by Crippen LogP contribution is 2.32. The molecule has 3 aromatic carbocycles. The number of rotatable bonds is 7. The Kier molecular flexibility index (Phi) is 7.31. The molecule has 0 aliphatic heterocycles. The summed E-state index contributed by atoms with van der Waals surface area (Å²) in [6.45, 7) is 1.96. The van der Waals surface area contributed by atoms with Crippen LogP contribution in [0.4, 0.5) is 29.1 Å². The highest BCUT2D eigenvalue weighted by molar-refractivity contribution is 5.93. The van der Waals surface area contributed by atoms with Gasteiger partial charge in [-0.3, -0.25) is 4.68 Å². The summed E-state index contributed by atoms with van der Waals surface area (Å²) in [5.74, 6) is -2.26. The van der Waals surface area contributed by atoms with Gasteiger partial charge in [-0.05, 0) is 59.8 Å². The quantitative estimate of drug-likeness (QED) is 0.142. The van der Waals surface area contributed by atoms with E-state index >= 15 is 4.39 Å². The number of esters is 1. The van der Waals surface area contributed by atoms with Gasteiger partial charge >= 0.3 is 12.1 Å². The van der Waals surface area contributed by atoms with Gasteiger partial charge in [-0.15, -0.1) is 0 Å². The van der Waals surface area contributed by atoms with Crippen LogP contribution in [0, 0.1) is 5.82 Å². The molecule has 0 radical (unpaired) electrons. The highest BCUT2D eigenvalue weighted by atomic mass is 19.4. The topological polar surface area (TPSA) is 108 Å². The molecule has 5 rings (SSSR count). The van der Waals surface area contributed by atoms with Gasteiger partial charge in [-0.25, -0.2) is 19.2 Å². The van der Waals surface area contributed by atoms with Crippen LogP contribution in [0.3, 0.4) is 0 Å². The van der Waals surface area contributed by atoms with Crippen molar-refractivity contribution in [3.05, 3.63) is 95.7 Å². The Labute approximate surface area is 231 Å². The summed E-state index contributed by atoms with van der Waals surface area (Å²) in [6, 6.07) is 16.7. The van der Waals surface area contributed by atoms with Crippen molar-refractivity contribution in [3.8, 4) is 17.1 Å². The molecular weight excluding hydrogens is 540 g/mol. The lowest BCUT2D eigenvalue weighted by molar-refractivity contribution is -0.189. The first kappa shape index (κ1) is 27.6. The summed E-state index contributed by atoms with van der Waals surface area (Å²) in [6.07, 6.45) is -2.87. The van der Waals surface area contributed by atoms with Crippen LogP contribution in [0.5, 0.6) is 5.75 Å². The average molecular weight is 565 g/mol. The Bertz CT molecular complexity index is 1750. The number of benzene rings is 3. The third-order valence-electron chi connectivity index (χ3n) is 6.48. The van der Waals surface area contributed by atoms with Crippen molar-refractivity contribution < 1.29 is 27.1 Å². The number of alkyl halides is 3. The van der Waals surface area contributed by atoms with Gasteiger partial charge in [0.05, 0.1) is 0 Å². The number of nitrogens with zero attached hydrogens (tertiary/aromatic N) is 4. The van der Waals surface area contributed by atoms with Gasteiger partial charge in [-0.2, -0.15) is 18.3 Å². The number of halogens is 4. The number of nitrogen functional groups attached to an aromatic ring is 1. The van der Waals surface area contributed by atoms with Gasteiger partial charge in [0.1, 0.15) is 23.4 Å². The van der Waals surface area contributed by atoms with E-state index < -0.39 is 24.0 Å². The number of fused-ring (bicyclic) bond motifs is 1. The van der Waals surface area contributed by atoms with Gasteiger partial charge < -0.3 is 15.8 Å². The van der Waals surface area contributed by atoms with E-state index in [1.807, 2.05) is 25.1 Å². The number of hydrogen-bond acceptors (Lipinski definition) is 7. The minimum Gasteiger partial charge on any atom is -0.420 e. The summed E-state index contributed by atoms with van der Waals surface area (Å²) < 4.78 is 59.3. The number of aryl methyl sites for hydroxylation is 2. The molecule has 5 aromatic rings. The van der Waals surface area contributed by atoms with E-state index in [4.69, 9.17) is 5.73 Å². The molecule has 3 N–H and O–H groups in total. The standard InChI is InChI=1S/C29H24F4N6O2/c1-3-16-7-10-23(30)22(13-16)24(36-19-8-9-21-17(14-19)11-12-35-25(21)34)27-37-26(38-39(27)2)18-5-4-6-20(15-18)41-28(40)29(31,32)33/h4-15,24,36H,3H2,1-2H3,(H2,34,35). The summed E-state index contributed by atoms with van der Waals surface area (Å²) >= 11 is 0. The van der Waals surface area contributed by atoms with E-state index in [1.54, 1.807) is 37.5 Å². The molecule has 0 amide bonds. The molecule has 0 bridgehead atoms. The number of hydrogen-bond donors (Lipinski definition) is 2. The van der Waals surface area contributed by atoms with E-state index in [9.17, 15) is 18.0 Å². The molecule has 210 valence electrons. The number of pyridine rings is 1. The van der Waals surface area contributed by atoms with Gasteiger partial charge in [-0.1, -0.05) is 31.2 Å². The SMILES string of the molecule is CCc1ccc(F)c(C(Nc2ccc3c(N)nccc3c2)c2nc(-c3cccc(OC(=O)C(F)(F)F)c3)nn2C)c1. The first-order valence-electron chi connectivity index (χ1n) is 12.5. The fourth-order valence-electron chi connectivity index (χ4n) is 4.41. The van der Waals surface area contributed by atoms with Crippen LogP contribution < -0.4 is 15.8 Å². The smallest absolute Gasteiger partial charge is 0.420 e. The van der Waals surface area contributed by atoms with E-state index in [0.29, 0.717) is 34.9 Å². The molecule has 0 aliphatic rings. The van der Waals surface area contributed by atoms with Crippen LogP contribution in [0.2, 0.25) is 0 Å². The molecule has 2 aromatic heterocycles. The third-order valence-corrected chi connectivity index (χ3v) is 6.48. The number of ether oxygens (including phenoxy) is 1. The number of anilines is 2. The number of carbonyl (C=O) groups is 1.